The fourth-order valence-corrected chi connectivity index (χ4v) is 4.40. The molecule has 0 radical (unpaired) electrons. The Labute approximate surface area is 162 Å². The van der Waals surface area contributed by atoms with Crippen LogP contribution in [0.3, 0.4) is 0 Å². The molecule has 2 aromatic rings. The van der Waals surface area contributed by atoms with E-state index in [1.54, 1.807) is 0 Å². The Morgan fingerprint density at radius 2 is 2.04 bits per heavy atom. The number of aromatic nitrogens is 2. The fourth-order valence-electron chi connectivity index (χ4n) is 4.40. The molecule has 2 heterocycles. The zero-order valence-electron chi connectivity index (χ0n) is 17.1. The number of nitrogens with one attached hydrogen (secondary N) is 1. The predicted molar refractivity (Wildman–Crippen MR) is 107 cm³/mol. The van der Waals surface area contributed by atoms with Gasteiger partial charge in [0.15, 0.2) is 0 Å². The number of amides is 1. The van der Waals surface area contributed by atoms with Crippen molar-refractivity contribution in [2.75, 3.05) is 6.61 Å². The van der Waals surface area contributed by atoms with Gasteiger partial charge in [0.25, 0.3) is 0 Å². The second-order valence-electron chi connectivity index (χ2n) is 8.46. The zero-order valence-corrected chi connectivity index (χ0v) is 17.1. The summed E-state index contributed by atoms with van der Waals surface area (Å²) in [6.45, 7) is 9.59. The molecule has 1 saturated heterocycles. The molecule has 5 heteroatoms. The molecule has 1 aromatic heterocycles. The average molecular weight is 370 g/mol. The van der Waals surface area contributed by atoms with E-state index in [4.69, 9.17) is 4.74 Å². The lowest BCUT2D eigenvalue weighted by Crippen LogP contribution is -2.46. The quantitative estimate of drug-likeness (QED) is 0.877. The molecule has 1 fully saturated rings. The standard InChI is InChI=1S/C22H31N3O2/c1-16-8-6-7-9-19(16)22(10-11-27-21(3,4)15-22)12-20(26)23-13-18-14-24-25(5)17(18)2/h6-9,14H,10-13,15H2,1-5H3,(H,23,26)/t22-/m0/s1. The Kier molecular flexibility index (Phi) is 5.43. The summed E-state index contributed by atoms with van der Waals surface area (Å²) < 4.78 is 7.80. The predicted octanol–water partition coefficient (Wildman–Crippen LogP) is 3.57. The molecule has 0 saturated carbocycles. The SMILES string of the molecule is Cc1ccccc1[C@]1(CC(=O)NCc2cnn(C)c2C)CCOC(C)(C)C1. The molecule has 1 aliphatic heterocycles. The van der Waals surface area contributed by atoms with E-state index in [9.17, 15) is 4.79 Å². The number of benzene rings is 1. The summed E-state index contributed by atoms with van der Waals surface area (Å²) >= 11 is 0. The van der Waals surface area contributed by atoms with E-state index in [1.807, 2.05) is 24.9 Å². The minimum atomic E-state index is -0.235. The van der Waals surface area contributed by atoms with Crippen LogP contribution in [0.5, 0.6) is 0 Å². The largest absolute Gasteiger partial charge is 0.376 e. The van der Waals surface area contributed by atoms with E-state index < -0.39 is 0 Å². The Morgan fingerprint density at radius 1 is 1.30 bits per heavy atom. The van der Waals surface area contributed by atoms with Gasteiger partial charge in [-0.3, -0.25) is 9.48 Å². The first-order valence-electron chi connectivity index (χ1n) is 9.67. The summed E-state index contributed by atoms with van der Waals surface area (Å²) in [5, 5.41) is 7.36. The summed E-state index contributed by atoms with van der Waals surface area (Å²) in [7, 11) is 1.91. The minimum absolute atomic E-state index is 0.0826. The minimum Gasteiger partial charge on any atom is -0.376 e. The molecule has 1 amide bonds. The molecule has 1 N–H and O–H groups in total. The highest BCUT2D eigenvalue weighted by Crippen LogP contribution is 2.45. The Bertz CT molecular complexity index is 825. The van der Waals surface area contributed by atoms with Gasteiger partial charge in [-0.25, -0.2) is 0 Å². The van der Waals surface area contributed by atoms with Crippen molar-refractivity contribution in [1.29, 1.82) is 0 Å². The number of rotatable bonds is 5. The maximum atomic E-state index is 12.9. The highest BCUT2D eigenvalue weighted by molar-refractivity contribution is 5.78. The Balaban J connectivity index is 1.80. The van der Waals surface area contributed by atoms with Gasteiger partial charge in [-0.15, -0.1) is 0 Å². The summed E-state index contributed by atoms with van der Waals surface area (Å²) in [5.41, 5.74) is 4.22. The van der Waals surface area contributed by atoms with Gasteiger partial charge in [-0.05, 0) is 51.7 Å². The molecule has 1 aromatic carbocycles. The first kappa shape index (κ1) is 19.6. The molecule has 1 atom stereocenters. The van der Waals surface area contributed by atoms with Crippen LogP contribution in [0.15, 0.2) is 30.5 Å². The van der Waals surface area contributed by atoms with E-state index in [1.165, 1.54) is 11.1 Å². The van der Waals surface area contributed by atoms with Crippen LogP contribution in [0.25, 0.3) is 0 Å². The van der Waals surface area contributed by atoms with Gasteiger partial charge in [0.2, 0.25) is 5.91 Å². The van der Waals surface area contributed by atoms with Crippen LogP contribution < -0.4 is 5.32 Å². The van der Waals surface area contributed by atoms with Crippen LogP contribution in [0.4, 0.5) is 0 Å². The lowest BCUT2D eigenvalue weighted by Gasteiger charge is -2.45. The molecule has 0 unspecified atom stereocenters. The average Bonchev–Trinajstić information content (AvgIpc) is 2.91. The van der Waals surface area contributed by atoms with Crippen molar-refractivity contribution < 1.29 is 9.53 Å². The van der Waals surface area contributed by atoms with Crippen LogP contribution in [-0.4, -0.2) is 27.9 Å². The van der Waals surface area contributed by atoms with Gasteiger partial charge >= 0.3 is 0 Å². The van der Waals surface area contributed by atoms with Crippen LogP contribution in [0, 0.1) is 13.8 Å². The van der Waals surface area contributed by atoms with Crippen molar-refractivity contribution in [1.82, 2.24) is 15.1 Å². The van der Waals surface area contributed by atoms with E-state index in [0.29, 0.717) is 19.6 Å². The third-order valence-electron chi connectivity index (χ3n) is 5.87. The van der Waals surface area contributed by atoms with Crippen LogP contribution in [0.2, 0.25) is 0 Å². The normalized spacial score (nSPS) is 21.8. The Morgan fingerprint density at radius 3 is 2.67 bits per heavy atom. The third kappa shape index (κ3) is 4.24. The van der Waals surface area contributed by atoms with Crippen molar-refractivity contribution in [3.05, 3.63) is 52.8 Å². The van der Waals surface area contributed by atoms with Crippen molar-refractivity contribution in [2.24, 2.45) is 7.05 Å². The van der Waals surface area contributed by atoms with Crippen LogP contribution >= 0.6 is 0 Å². The second-order valence-corrected chi connectivity index (χ2v) is 8.46. The van der Waals surface area contributed by atoms with Gasteiger partial charge in [0, 0.05) is 43.3 Å². The monoisotopic (exact) mass is 369 g/mol. The van der Waals surface area contributed by atoms with Gasteiger partial charge in [-0.2, -0.15) is 5.10 Å². The number of nitrogens with zero attached hydrogens (tertiary/aromatic N) is 2. The summed E-state index contributed by atoms with van der Waals surface area (Å²) in [6, 6.07) is 8.44. The van der Waals surface area contributed by atoms with Gasteiger partial charge in [-0.1, -0.05) is 24.3 Å². The summed E-state index contributed by atoms with van der Waals surface area (Å²) in [5.74, 6) is 0.0826. The van der Waals surface area contributed by atoms with Crippen LogP contribution in [0.1, 0.15) is 55.5 Å². The summed E-state index contributed by atoms with van der Waals surface area (Å²) in [4.78, 5) is 12.9. The molecule has 0 spiro atoms. The molecule has 3 rings (SSSR count). The first-order chi connectivity index (χ1) is 12.7. The number of hydrogen-bond donors (Lipinski definition) is 1. The highest BCUT2D eigenvalue weighted by Gasteiger charge is 2.44. The second kappa shape index (κ2) is 7.47. The molecule has 0 bridgehead atoms. The maximum Gasteiger partial charge on any atom is 0.221 e. The number of carbonyl (C=O) groups is 1. The maximum absolute atomic E-state index is 12.9. The number of aryl methyl sites for hydroxylation is 2. The van der Waals surface area contributed by atoms with Gasteiger partial charge in [0.1, 0.15) is 0 Å². The van der Waals surface area contributed by atoms with Crippen molar-refractivity contribution in [2.45, 2.75) is 64.5 Å². The number of ether oxygens (including phenoxy) is 1. The topological polar surface area (TPSA) is 56.2 Å². The highest BCUT2D eigenvalue weighted by atomic mass is 16.5. The number of hydrogen-bond acceptors (Lipinski definition) is 3. The fraction of sp³-hybridized carbons (Fsp3) is 0.545. The smallest absolute Gasteiger partial charge is 0.221 e. The third-order valence-corrected chi connectivity index (χ3v) is 5.87. The molecule has 27 heavy (non-hydrogen) atoms. The summed E-state index contributed by atoms with van der Waals surface area (Å²) in [6.07, 6.45) is 4.00. The van der Waals surface area contributed by atoms with Gasteiger partial charge in [0.05, 0.1) is 11.8 Å². The molecule has 146 valence electrons. The molecular formula is C22H31N3O2. The molecule has 5 nitrogen and oxygen atoms in total. The van der Waals surface area contributed by atoms with Gasteiger partial charge < -0.3 is 10.1 Å². The lowest BCUT2D eigenvalue weighted by molar-refractivity contribution is -0.126. The zero-order chi connectivity index (χ0) is 19.7. The lowest BCUT2D eigenvalue weighted by atomic mass is 9.66. The van der Waals surface area contributed by atoms with E-state index in [0.717, 1.165) is 24.1 Å². The van der Waals surface area contributed by atoms with E-state index in [-0.39, 0.29) is 16.9 Å². The van der Waals surface area contributed by atoms with E-state index >= 15 is 0 Å². The van der Waals surface area contributed by atoms with Crippen LogP contribution in [-0.2, 0) is 28.5 Å². The number of carbonyl (C=O) groups excluding carboxylic acids is 1. The van der Waals surface area contributed by atoms with Crippen molar-refractivity contribution in [3.8, 4) is 0 Å². The van der Waals surface area contributed by atoms with E-state index in [2.05, 4.69) is 55.5 Å². The molecular weight excluding hydrogens is 338 g/mol. The van der Waals surface area contributed by atoms with Crippen molar-refractivity contribution >= 4 is 5.91 Å². The molecule has 1 aliphatic rings. The Hall–Kier alpha value is -2.14. The first-order valence-corrected chi connectivity index (χ1v) is 9.67. The van der Waals surface area contributed by atoms with Crippen molar-refractivity contribution in [3.63, 3.8) is 0 Å². The molecule has 0 aliphatic carbocycles.